The van der Waals surface area contributed by atoms with Crippen LogP contribution >= 0.6 is 0 Å². The summed E-state index contributed by atoms with van der Waals surface area (Å²) in [6.45, 7) is 1.95. The Morgan fingerprint density at radius 2 is 2.30 bits per heavy atom. The molecule has 1 rings (SSSR count). The van der Waals surface area contributed by atoms with Crippen molar-refractivity contribution in [1.82, 2.24) is 4.98 Å². The van der Waals surface area contributed by atoms with Gasteiger partial charge in [-0.2, -0.15) is 0 Å². The van der Waals surface area contributed by atoms with E-state index in [1.807, 2.05) is 25.1 Å². The van der Waals surface area contributed by atoms with Crippen molar-refractivity contribution in [2.45, 2.75) is 6.92 Å². The fourth-order valence-electron chi connectivity index (χ4n) is 0.691. The number of pyridine rings is 1. The van der Waals surface area contributed by atoms with Crippen molar-refractivity contribution < 1.29 is 0 Å². The third kappa shape index (κ3) is 1.41. The Kier molecular flexibility index (Phi) is 2.15. The van der Waals surface area contributed by atoms with Gasteiger partial charge >= 0.3 is 0 Å². The Bertz CT molecular complexity index is 226. The Labute approximate surface area is 60.6 Å². The standard InChI is InChI=1S/C8H10N2/c1-7(9-2)8-5-3-4-6-10-8/h3-6H,1-2H3/b9-7+. The number of hydrogen-bond donors (Lipinski definition) is 0. The lowest BCUT2D eigenvalue weighted by molar-refractivity contribution is 1.27. The molecular weight excluding hydrogens is 124 g/mol. The van der Waals surface area contributed by atoms with E-state index in [-0.39, 0.29) is 0 Å². The predicted molar refractivity (Wildman–Crippen MR) is 42.4 cm³/mol. The maximum Gasteiger partial charge on any atom is 0.0836 e. The first-order valence-corrected chi connectivity index (χ1v) is 3.19. The van der Waals surface area contributed by atoms with Gasteiger partial charge in [-0.15, -0.1) is 0 Å². The van der Waals surface area contributed by atoms with E-state index < -0.39 is 0 Å². The molecule has 0 aliphatic rings. The minimum atomic E-state index is 0.949. The minimum absolute atomic E-state index is 0.949. The Balaban J connectivity index is 2.96. The molecular formula is C8H10N2. The van der Waals surface area contributed by atoms with Crippen LogP contribution in [0.2, 0.25) is 0 Å². The smallest absolute Gasteiger partial charge is 0.0836 e. The zero-order valence-corrected chi connectivity index (χ0v) is 6.20. The van der Waals surface area contributed by atoms with E-state index in [0.29, 0.717) is 0 Å². The van der Waals surface area contributed by atoms with E-state index in [1.165, 1.54) is 0 Å². The Morgan fingerprint density at radius 3 is 2.80 bits per heavy atom. The number of aliphatic imine (C=N–C) groups is 1. The molecule has 0 atom stereocenters. The largest absolute Gasteiger partial charge is 0.291 e. The summed E-state index contributed by atoms with van der Waals surface area (Å²) in [5.41, 5.74) is 1.92. The van der Waals surface area contributed by atoms with Crippen molar-refractivity contribution in [1.29, 1.82) is 0 Å². The molecule has 0 radical (unpaired) electrons. The molecule has 0 amide bonds. The monoisotopic (exact) mass is 134 g/mol. The van der Waals surface area contributed by atoms with Crippen molar-refractivity contribution in [3.8, 4) is 0 Å². The summed E-state index contributed by atoms with van der Waals surface area (Å²) >= 11 is 0. The quantitative estimate of drug-likeness (QED) is 0.534. The van der Waals surface area contributed by atoms with Gasteiger partial charge in [0.1, 0.15) is 0 Å². The van der Waals surface area contributed by atoms with E-state index in [4.69, 9.17) is 0 Å². The van der Waals surface area contributed by atoms with Gasteiger partial charge in [-0.3, -0.25) is 9.98 Å². The highest BCUT2D eigenvalue weighted by atomic mass is 14.7. The van der Waals surface area contributed by atoms with Crippen LogP contribution in [0.4, 0.5) is 0 Å². The topological polar surface area (TPSA) is 25.2 Å². The van der Waals surface area contributed by atoms with Crippen LogP contribution < -0.4 is 0 Å². The van der Waals surface area contributed by atoms with Crippen molar-refractivity contribution in [3.05, 3.63) is 30.1 Å². The van der Waals surface area contributed by atoms with E-state index in [2.05, 4.69) is 9.98 Å². The van der Waals surface area contributed by atoms with Gasteiger partial charge in [-0.05, 0) is 19.1 Å². The first-order chi connectivity index (χ1) is 4.84. The van der Waals surface area contributed by atoms with Crippen LogP contribution in [0.1, 0.15) is 12.6 Å². The summed E-state index contributed by atoms with van der Waals surface area (Å²) < 4.78 is 0. The molecule has 0 saturated heterocycles. The number of nitrogens with zero attached hydrogens (tertiary/aromatic N) is 2. The number of aromatic nitrogens is 1. The summed E-state index contributed by atoms with van der Waals surface area (Å²) in [7, 11) is 1.77. The molecule has 0 saturated carbocycles. The Hall–Kier alpha value is -1.18. The van der Waals surface area contributed by atoms with Crippen molar-refractivity contribution in [3.63, 3.8) is 0 Å². The summed E-state index contributed by atoms with van der Waals surface area (Å²) in [4.78, 5) is 8.13. The second kappa shape index (κ2) is 3.11. The lowest BCUT2D eigenvalue weighted by Gasteiger charge is -1.94. The first-order valence-electron chi connectivity index (χ1n) is 3.19. The fraction of sp³-hybridized carbons (Fsp3) is 0.250. The molecule has 0 aliphatic heterocycles. The summed E-state index contributed by atoms with van der Waals surface area (Å²) in [5.74, 6) is 0. The van der Waals surface area contributed by atoms with Gasteiger partial charge in [-0.1, -0.05) is 6.07 Å². The third-order valence-electron chi connectivity index (χ3n) is 1.37. The van der Waals surface area contributed by atoms with Crippen LogP contribution in [0.15, 0.2) is 29.4 Å². The normalized spacial score (nSPS) is 11.6. The van der Waals surface area contributed by atoms with Crippen LogP contribution in [-0.2, 0) is 0 Å². The van der Waals surface area contributed by atoms with E-state index in [9.17, 15) is 0 Å². The van der Waals surface area contributed by atoms with Gasteiger partial charge < -0.3 is 0 Å². The molecule has 0 aliphatic carbocycles. The molecule has 52 valence electrons. The molecule has 0 N–H and O–H groups in total. The SMILES string of the molecule is C/N=C(\C)c1ccccn1. The maximum absolute atomic E-state index is 4.12. The third-order valence-corrected chi connectivity index (χ3v) is 1.37. The average molecular weight is 134 g/mol. The summed E-state index contributed by atoms with van der Waals surface area (Å²) in [5, 5.41) is 0. The van der Waals surface area contributed by atoms with Gasteiger partial charge in [0, 0.05) is 13.2 Å². The van der Waals surface area contributed by atoms with Crippen LogP contribution in [0.5, 0.6) is 0 Å². The zero-order chi connectivity index (χ0) is 7.40. The maximum atomic E-state index is 4.12. The molecule has 0 unspecified atom stereocenters. The molecule has 0 fully saturated rings. The van der Waals surface area contributed by atoms with Crippen LogP contribution in [0.3, 0.4) is 0 Å². The number of hydrogen-bond acceptors (Lipinski definition) is 2. The average Bonchev–Trinajstić information content (AvgIpc) is 2.05. The molecule has 0 spiro atoms. The van der Waals surface area contributed by atoms with Gasteiger partial charge in [0.2, 0.25) is 0 Å². The van der Waals surface area contributed by atoms with Gasteiger partial charge in [0.25, 0.3) is 0 Å². The molecule has 1 aromatic heterocycles. The van der Waals surface area contributed by atoms with Crippen molar-refractivity contribution >= 4 is 5.71 Å². The van der Waals surface area contributed by atoms with Crippen molar-refractivity contribution in [2.75, 3.05) is 7.05 Å². The lowest BCUT2D eigenvalue weighted by Crippen LogP contribution is -1.96. The van der Waals surface area contributed by atoms with Crippen molar-refractivity contribution in [2.24, 2.45) is 4.99 Å². The Morgan fingerprint density at radius 1 is 1.50 bits per heavy atom. The fourth-order valence-corrected chi connectivity index (χ4v) is 0.691. The second-order valence-electron chi connectivity index (χ2n) is 2.02. The summed E-state index contributed by atoms with van der Waals surface area (Å²) in [6, 6.07) is 5.80. The molecule has 2 heteroatoms. The molecule has 1 aromatic rings. The van der Waals surface area contributed by atoms with E-state index in [0.717, 1.165) is 11.4 Å². The predicted octanol–water partition coefficient (Wildman–Crippen LogP) is 1.52. The highest BCUT2D eigenvalue weighted by Crippen LogP contribution is 1.94. The molecule has 10 heavy (non-hydrogen) atoms. The van der Waals surface area contributed by atoms with E-state index in [1.54, 1.807) is 13.2 Å². The zero-order valence-electron chi connectivity index (χ0n) is 6.20. The number of rotatable bonds is 1. The summed E-state index contributed by atoms with van der Waals surface area (Å²) in [6.07, 6.45) is 1.77. The highest BCUT2D eigenvalue weighted by molar-refractivity contribution is 5.96. The molecule has 0 bridgehead atoms. The van der Waals surface area contributed by atoms with Crippen LogP contribution in [-0.4, -0.2) is 17.7 Å². The van der Waals surface area contributed by atoms with Gasteiger partial charge in [0.05, 0.1) is 11.4 Å². The molecule has 1 heterocycles. The minimum Gasteiger partial charge on any atom is -0.291 e. The van der Waals surface area contributed by atoms with Crippen LogP contribution in [0.25, 0.3) is 0 Å². The molecule has 2 nitrogen and oxygen atoms in total. The highest BCUT2D eigenvalue weighted by Gasteiger charge is 1.92. The second-order valence-corrected chi connectivity index (χ2v) is 2.02. The van der Waals surface area contributed by atoms with Gasteiger partial charge in [0.15, 0.2) is 0 Å². The lowest BCUT2D eigenvalue weighted by atomic mass is 10.3. The van der Waals surface area contributed by atoms with Gasteiger partial charge in [-0.25, -0.2) is 0 Å². The van der Waals surface area contributed by atoms with Crippen LogP contribution in [0, 0.1) is 0 Å². The molecule has 0 aromatic carbocycles. The van der Waals surface area contributed by atoms with E-state index >= 15 is 0 Å². The first kappa shape index (κ1) is 6.93.